The summed E-state index contributed by atoms with van der Waals surface area (Å²) < 4.78 is 8.43. The van der Waals surface area contributed by atoms with E-state index in [0.29, 0.717) is 6.54 Å². The van der Waals surface area contributed by atoms with Crippen molar-refractivity contribution in [1.82, 2.24) is 14.5 Å². The molecule has 1 amide bonds. The van der Waals surface area contributed by atoms with Gasteiger partial charge in [-0.15, -0.1) is 0 Å². The zero-order valence-electron chi connectivity index (χ0n) is 11.1. The summed E-state index contributed by atoms with van der Waals surface area (Å²) in [5, 5.41) is 0. The summed E-state index contributed by atoms with van der Waals surface area (Å²) in [6, 6.07) is -0.0695. The average Bonchev–Trinajstić information content (AvgIpc) is 2.59. The van der Waals surface area contributed by atoms with Crippen molar-refractivity contribution in [3.8, 4) is 0 Å². The number of fused-ring (bicyclic) bond motifs is 1. The van der Waals surface area contributed by atoms with Crippen molar-refractivity contribution in [3.05, 3.63) is 16.6 Å². The van der Waals surface area contributed by atoms with Gasteiger partial charge in [0.2, 0.25) is 0 Å². The zero-order valence-corrected chi connectivity index (χ0v) is 12.7. The van der Waals surface area contributed by atoms with E-state index < -0.39 is 5.60 Å². The Morgan fingerprint density at radius 1 is 1.50 bits per heavy atom. The second kappa shape index (κ2) is 4.57. The number of aromatic nitrogens is 2. The van der Waals surface area contributed by atoms with Crippen LogP contribution in [0.5, 0.6) is 0 Å². The lowest BCUT2D eigenvalue weighted by atomic mass is 10.2. The number of ether oxygens (including phenoxy) is 1. The molecule has 5 nitrogen and oxygen atoms in total. The highest BCUT2D eigenvalue weighted by Crippen LogP contribution is 2.28. The normalized spacial score (nSPS) is 19.6. The largest absolute Gasteiger partial charge is 0.444 e. The standard InChI is InChI=1S/C12H18BrN3O2/c1-8-10-14-7-9(13)16(10)6-5-15(8)11(17)18-12(2,3)4/h7-8H,5-6H2,1-4H3. The van der Waals surface area contributed by atoms with Crippen LogP contribution in [0.15, 0.2) is 10.8 Å². The molecule has 18 heavy (non-hydrogen) atoms. The zero-order chi connectivity index (χ0) is 13.5. The van der Waals surface area contributed by atoms with Gasteiger partial charge in [-0.1, -0.05) is 0 Å². The summed E-state index contributed by atoms with van der Waals surface area (Å²) in [4.78, 5) is 18.2. The number of carbonyl (C=O) groups excluding carboxylic acids is 1. The summed E-state index contributed by atoms with van der Waals surface area (Å²) in [5.74, 6) is 0.888. The minimum Gasteiger partial charge on any atom is -0.444 e. The molecule has 1 aromatic heterocycles. The van der Waals surface area contributed by atoms with Crippen molar-refractivity contribution in [2.24, 2.45) is 0 Å². The van der Waals surface area contributed by atoms with E-state index in [9.17, 15) is 4.79 Å². The third-order valence-electron chi connectivity index (χ3n) is 2.87. The number of carbonyl (C=O) groups is 1. The topological polar surface area (TPSA) is 47.4 Å². The van der Waals surface area contributed by atoms with Gasteiger partial charge < -0.3 is 9.30 Å². The first-order valence-corrected chi connectivity index (χ1v) is 6.79. The lowest BCUT2D eigenvalue weighted by molar-refractivity contribution is 0.0120. The fourth-order valence-electron chi connectivity index (χ4n) is 2.03. The summed E-state index contributed by atoms with van der Waals surface area (Å²) >= 11 is 3.45. The van der Waals surface area contributed by atoms with Crippen molar-refractivity contribution >= 4 is 22.0 Å². The second-order valence-electron chi connectivity index (χ2n) is 5.44. The Labute approximate surface area is 115 Å². The van der Waals surface area contributed by atoms with Gasteiger partial charge in [0.05, 0.1) is 12.2 Å². The first-order chi connectivity index (χ1) is 8.29. The van der Waals surface area contributed by atoms with E-state index in [1.165, 1.54) is 0 Å². The molecule has 0 saturated heterocycles. The van der Waals surface area contributed by atoms with Gasteiger partial charge in [0, 0.05) is 13.1 Å². The molecule has 0 spiro atoms. The van der Waals surface area contributed by atoms with Crippen LogP contribution in [0.25, 0.3) is 0 Å². The van der Waals surface area contributed by atoms with Gasteiger partial charge in [0.1, 0.15) is 16.0 Å². The van der Waals surface area contributed by atoms with Crippen LogP contribution in [0.4, 0.5) is 4.79 Å². The molecule has 1 unspecified atom stereocenters. The Bertz CT molecular complexity index is 464. The maximum Gasteiger partial charge on any atom is 0.410 e. The third kappa shape index (κ3) is 2.53. The van der Waals surface area contributed by atoms with Crippen LogP contribution >= 0.6 is 15.9 Å². The number of nitrogens with zero attached hydrogens (tertiary/aromatic N) is 3. The van der Waals surface area contributed by atoms with Crippen LogP contribution in [-0.2, 0) is 11.3 Å². The predicted octanol–water partition coefficient (Wildman–Crippen LogP) is 2.96. The molecule has 100 valence electrons. The van der Waals surface area contributed by atoms with Gasteiger partial charge in [0.15, 0.2) is 0 Å². The highest BCUT2D eigenvalue weighted by atomic mass is 79.9. The molecule has 0 aliphatic carbocycles. The van der Waals surface area contributed by atoms with Gasteiger partial charge in [-0.2, -0.15) is 0 Å². The lowest BCUT2D eigenvalue weighted by Gasteiger charge is -2.35. The molecule has 0 bridgehead atoms. The Hall–Kier alpha value is -1.04. The van der Waals surface area contributed by atoms with E-state index in [0.717, 1.165) is 17.0 Å². The molecule has 2 heterocycles. The van der Waals surface area contributed by atoms with Crippen molar-refractivity contribution in [2.75, 3.05) is 6.54 Å². The van der Waals surface area contributed by atoms with Crippen LogP contribution in [0.1, 0.15) is 39.6 Å². The molecule has 0 saturated carbocycles. The molecule has 1 aliphatic heterocycles. The van der Waals surface area contributed by atoms with Crippen LogP contribution in [0, 0.1) is 0 Å². The third-order valence-corrected chi connectivity index (χ3v) is 3.50. The van der Waals surface area contributed by atoms with Crippen molar-refractivity contribution in [1.29, 1.82) is 0 Å². The average molecular weight is 316 g/mol. The molecule has 2 rings (SSSR count). The SMILES string of the molecule is CC1c2ncc(Br)n2CCN1C(=O)OC(C)(C)C. The van der Waals surface area contributed by atoms with Crippen LogP contribution < -0.4 is 0 Å². The predicted molar refractivity (Wildman–Crippen MR) is 71.3 cm³/mol. The maximum absolute atomic E-state index is 12.1. The van der Waals surface area contributed by atoms with Crippen LogP contribution in [-0.4, -0.2) is 32.7 Å². The monoisotopic (exact) mass is 315 g/mol. The maximum atomic E-state index is 12.1. The summed E-state index contributed by atoms with van der Waals surface area (Å²) in [5.41, 5.74) is -0.468. The number of halogens is 1. The van der Waals surface area contributed by atoms with Gasteiger partial charge in [-0.25, -0.2) is 9.78 Å². The van der Waals surface area contributed by atoms with Crippen molar-refractivity contribution < 1.29 is 9.53 Å². The molecule has 6 heteroatoms. The van der Waals surface area contributed by atoms with Gasteiger partial charge in [0.25, 0.3) is 0 Å². The fourth-order valence-corrected chi connectivity index (χ4v) is 2.50. The minimum absolute atomic E-state index is 0.0695. The van der Waals surface area contributed by atoms with Gasteiger partial charge in [-0.05, 0) is 43.6 Å². The van der Waals surface area contributed by atoms with Crippen molar-refractivity contribution in [2.45, 2.75) is 45.9 Å². The molecule has 0 N–H and O–H groups in total. The first kappa shape index (κ1) is 13.4. The van der Waals surface area contributed by atoms with E-state index in [2.05, 4.69) is 25.5 Å². The van der Waals surface area contributed by atoms with Gasteiger partial charge in [-0.3, -0.25) is 4.90 Å². The Morgan fingerprint density at radius 2 is 2.17 bits per heavy atom. The highest BCUT2D eigenvalue weighted by molar-refractivity contribution is 9.10. The highest BCUT2D eigenvalue weighted by Gasteiger charge is 2.32. The number of amides is 1. The van der Waals surface area contributed by atoms with E-state index >= 15 is 0 Å². The van der Waals surface area contributed by atoms with Crippen molar-refractivity contribution in [3.63, 3.8) is 0 Å². The molecule has 1 atom stereocenters. The number of imidazole rings is 1. The van der Waals surface area contributed by atoms with Crippen LogP contribution in [0.2, 0.25) is 0 Å². The quantitative estimate of drug-likeness (QED) is 0.739. The molecule has 1 aliphatic rings. The lowest BCUT2D eigenvalue weighted by Crippen LogP contribution is -2.43. The van der Waals surface area contributed by atoms with Gasteiger partial charge >= 0.3 is 6.09 Å². The van der Waals surface area contributed by atoms with Crippen LogP contribution in [0.3, 0.4) is 0 Å². The van der Waals surface area contributed by atoms with E-state index in [4.69, 9.17) is 4.74 Å². The summed E-state index contributed by atoms with van der Waals surface area (Å²) in [7, 11) is 0. The molecule has 0 radical (unpaired) electrons. The fraction of sp³-hybridized carbons (Fsp3) is 0.667. The Morgan fingerprint density at radius 3 is 2.78 bits per heavy atom. The summed E-state index contributed by atoms with van der Waals surface area (Å²) in [6.45, 7) is 8.96. The minimum atomic E-state index is -0.468. The Balaban J connectivity index is 2.17. The molecular weight excluding hydrogens is 298 g/mol. The molecule has 0 aromatic carbocycles. The Kier molecular flexibility index (Phi) is 3.40. The molecule has 1 aromatic rings. The smallest absolute Gasteiger partial charge is 0.410 e. The first-order valence-electron chi connectivity index (χ1n) is 6.00. The van der Waals surface area contributed by atoms with E-state index in [-0.39, 0.29) is 12.1 Å². The van der Waals surface area contributed by atoms with E-state index in [1.54, 1.807) is 11.1 Å². The number of hydrogen-bond acceptors (Lipinski definition) is 3. The van der Waals surface area contributed by atoms with E-state index in [1.807, 2.05) is 27.7 Å². The number of rotatable bonds is 0. The second-order valence-corrected chi connectivity index (χ2v) is 6.25. The summed E-state index contributed by atoms with van der Waals surface area (Å²) in [6.07, 6.45) is 1.49. The molecule has 0 fully saturated rings. The molecular formula is C12H18BrN3O2. The number of hydrogen-bond donors (Lipinski definition) is 0.